The van der Waals surface area contributed by atoms with Gasteiger partial charge in [-0.3, -0.25) is 4.79 Å². The Morgan fingerprint density at radius 1 is 0.857 bits per heavy atom. The first kappa shape index (κ1) is 15.8. The van der Waals surface area contributed by atoms with E-state index in [0.717, 1.165) is 38.0 Å². The molecule has 0 saturated carbocycles. The molecule has 2 aromatic rings. The van der Waals surface area contributed by atoms with Gasteiger partial charge < -0.3 is 5.32 Å². The van der Waals surface area contributed by atoms with Crippen LogP contribution in [0.4, 0.5) is 5.69 Å². The summed E-state index contributed by atoms with van der Waals surface area (Å²) in [6, 6.07) is 8.11. The van der Waals surface area contributed by atoms with Crippen molar-refractivity contribution in [1.82, 2.24) is 0 Å². The van der Waals surface area contributed by atoms with Crippen LogP contribution in [-0.4, -0.2) is 5.91 Å². The fourth-order valence-electron chi connectivity index (χ4n) is 2.82. The molecule has 110 valence electrons. The van der Waals surface area contributed by atoms with Crippen molar-refractivity contribution in [2.24, 2.45) is 0 Å². The molecule has 0 spiro atoms. The number of carbonyl (C=O) groups excluding carboxylic acids is 1. The van der Waals surface area contributed by atoms with E-state index in [4.69, 9.17) is 0 Å². The van der Waals surface area contributed by atoms with E-state index in [9.17, 15) is 4.79 Å². The molecule has 1 amide bonds. The van der Waals surface area contributed by atoms with E-state index >= 15 is 0 Å². The summed E-state index contributed by atoms with van der Waals surface area (Å²) < 4.78 is 1.03. The smallest absolute Gasteiger partial charge is 0.256 e. The van der Waals surface area contributed by atoms with Crippen LogP contribution in [0.5, 0.6) is 0 Å². The second-order valence-electron chi connectivity index (χ2n) is 5.64. The minimum absolute atomic E-state index is 0.0430. The third kappa shape index (κ3) is 3.35. The average molecular weight is 346 g/mol. The highest BCUT2D eigenvalue weighted by Gasteiger charge is 2.15. The van der Waals surface area contributed by atoms with Gasteiger partial charge >= 0.3 is 0 Å². The van der Waals surface area contributed by atoms with Crippen molar-refractivity contribution in [3.8, 4) is 0 Å². The van der Waals surface area contributed by atoms with Crippen LogP contribution in [0.15, 0.2) is 28.7 Å². The Balaban J connectivity index is 2.40. The van der Waals surface area contributed by atoms with Gasteiger partial charge in [0.05, 0.1) is 0 Å². The molecule has 0 fully saturated rings. The quantitative estimate of drug-likeness (QED) is 0.791. The van der Waals surface area contributed by atoms with Gasteiger partial charge in [-0.2, -0.15) is 0 Å². The molecule has 0 saturated heterocycles. The normalized spacial score (nSPS) is 10.6. The van der Waals surface area contributed by atoms with Crippen LogP contribution in [0.1, 0.15) is 38.2 Å². The summed E-state index contributed by atoms with van der Waals surface area (Å²) in [5.41, 5.74) is 6.97. The van der Waals surface area contributed by atoms with E-state index in [1.165, 1.54) is 5.56 Å². The van der Waals surface area contributed by atoms with Crippen molar-refractivity contribution in [3.05, 3.63) is 62.1 Å². The molecule has 0 atom stereocenters. The predicted molar refractivity (Wildman–Crippen MR) is 92.2 cm³/mol. The van der Waals surface area contributed by atoms with Crippen LogP contribution < -0.4 is 5.32 Å². The van der Waals surface area contributed by atoms with Crippen molar-refractivity contribution in [1.29, 1.82) is 0 Å². The lowest BCUT2D eigenvalue weighted by Crippen LogP contribution is -2.16. The minimum Gasteiger partial charge on any atom is -0.321 e. The fourth-order valence-corrected chi connectivity index (χ4v) is 3.51. The number of hydrogen-bond acceptors (Lipinski definition) is 1. The topological polar surface area (TPSA) is 29.1 Å². The Hall–Kier alpha value is -1.61. The summed E-state index contributed by atoms with van der Waals surface area (Å²) in [6.45, 7) is 10.0. The Labute approximate surface area is 134 Å². The van der Waals surface area contributed by atoms with E-state index < -0.39 is 0 Å². The number of rotatable bonds is 2. The molecule has 0 heterocycles. The Kier molecular flexibility index (Phi) is 4.52. The molecule has 3 heteroatoms. The molecule has 2 rings (SSSR count). The number of hydrogen-bond donors (Lipinski definition) is 1. The molecule has 0 unspecified atom stereocenters. The van der Waals surface area contributed by atoms with Crippen LogP contribution in [0.2, 0.25) is 0 Å². The number of amides is 1. The van der Waals surface area contributed by atoms with Gasteiger partial charge in [-0.25, -0.2) is 0 Å². The lowest BCUT2D eigenvalue weighted by molar-refractivity contribution is 0.102. The zero-order valence-electron chi connectivity index (χ0n) is 13.1. The molecule has 0 radical (unpaired) electrons. The van der Waals surface area contributed by atoms with E-state index in [0.29, 0.717) is 0 Å². The maximum atomic E-state index is 12.6. The molecule has 0 aromatic heterocycles. The second-order valence-corrected chi connectivity index (χ2v) is 6.56. The van der Waals surface area contributed by atoms with Crippen LogP contribution in [0.25, 0.3) is 0 Å². The summed E-state index contributed by atoms with van der Waals surface area (Å²) in [5.74, 6) is -0.0430. The van der Waals surface area contributed by atoms with Gasteiger partial charge in [0, 0.05) is 15.7 Å². The molecule has 2 aromatic carbocycles. The molecular weight excluding hydrogens is 326 g/mol. The summed E-state index contributed by atoms with van der Waals surface area (Å²) in [6.07, 6.45) is 0. The van der Waals surface area contributed by atoms with E-state index in [2.05, 4.69) is 21.2 Å². The van der Waals surface area contributed by atoms with Crippen molar-refractivity contribution < 1.29 is 4.79 Å². The zero-order chi connectivity index (χ0) is 15.7. The van der Waals surface area contributed by atoms with E-state index in [-0.39, 0.29) is 5.91 Å². The van der Waals surface area contributed by atoms with Crippen molar-refractivity contribution in [2.75, 3.05) is 5.32 Å². The summed E-state index contributed by atoms with van der Waals surface area (Å²) >= 11 is 3.48. The van der Waals surface area contributed by atoms with Crippen LogP contribution in [0, 0.1) is 34.6 Å². The van der Waals surface area contributed by atoms with Crippen molar-refractivity contribution in [3.63, 3.8) is 0 Å². The third-order valence-corrected chi connectivity index (χ3v) is 4.10. The first-order valence-corrected chi connectivity index (χ1v) is 7.75. The molecule has 0 aliphatic rings. The van der Waals surface area contributed by atoms with E-state index in [1.54, 1.807) is 0 Å². The first-order chi connectivity index (χ1) is 9.79. The van der Waals surface area contributed by atoms with Gasteiger partial charge in [0.25, 0.3) is 5.91 Å². The lowest BCUT2D eigenvalue weighted by atomic mass is 9.99. The molecule has 0 aliphatic carbocycles. The third-order valence-electron chi connectivity index (χ3n) is 3.64. The van der Waals surface area contributed by atoms with Gasteiger partial charge in [-0.15, -0.1) is 0 Å². The summed E-state index contributed by atoms with van der Waals surface area (Å²) in [5, 5.41) is 3.06. The van der Waals surface area contributed by atoms with Crippen LogP contribution in [0.3, 0.4) is 0 Å². The molecule has 0 bridgehead atoms. The van der Waals surface area contributed by atoms with Gasteiger partial charge in [-0.05, 0) is 69.0 Å². The predicted octanol–water partition coefficient (Wildman–Crippen LogP) is 5.24. The molecule has 21 heavy (non-hydrogen) atoms. The van der Waals surface area contributed by atoms with Crippen LogP contribution in [-0.2, 0) is 0 Å². The zero-order valence-corrected chi connectivity index (χ0v) is 14.7. The Bertz CT molecular complexity index is 673. The summed E-state index contributed by atoms with van der Waals surface area (Å²) in [4.78, 5) is 12.6. The maximum Gasteiger partial charge on any atom is 0.256 e. The monoisotopic (exact) mass is 345 g/mol. The number of aryl methyl sites for hydroxylation is 5. The fraction of sp³-hybridized carbons (Fsp3) is 0.278. The average Bonchev–Trinajstić information content (AvgIpc) is 2.32. The molecular formula is C18H20BrNO. The highest BCUT2D eigenvalue weighted by Crippen LogP contribution is 2.26. The molecule has 0 aliphatic heterocycles. The van der Waals surface area contributed by atoms with Gasteiger partial charge in [0.15, 0.2) is 0 Å². The van der Waals surface area contributed by atoms with Gasteiger partial charge in [0.1, 0.15) is 0 Å². The number of anilines is 1. The van der Waals surface area contributed by atoms with Crippen molar-refractivity contribution in [2.45, 2.75) is 34.6 Å². The van der Waals surface area contributed by atoms with Crippen LogP contribution >= 0.6 is 15.9 Å². The SMILES string of the molecule is Cc1cc(C)c(C(=O)Nc2c(C)cc(Br)cc2C)c(C)c1. The standard InChI is InChI=1S/C18H20BrNO/c1-10-6-11(2)16(12(3)7-10)18(21)20-17-13(4)8-15(19)9-14(17)5/h6-9H,1-5H3,(H,20,21). The molecule has 2 nitrogen and oxygen atoms in total. The van der Waals surface area contributed by atoms with E-state index in [1.807, 2.05) is 58.9 Å². The highest BCUT2D eigenvalue weighted by molar-refractivity contribution is 9.10. The van der Waals surface area contributed by atoms with Gasteiger partial charge in [0.2, 0.25) is 0 Å². The lowest BCUT2D eigenvalue weighted by Gasteiger charge is -2.15. The maximum absolute atomic E-state index is 12.6. The summed E-state index contributed by atoms with van der Waals surface area (Å²) in [7, 11) is 0. The number of carbonyl (C=O) groups is 1. The highest BCUT2D eigenvalue weighted by atomic mass is 79.9. The number of halogens is 1. The van der Waals surface area contributed by atoms with Crippen molar-refractivity contribution >= 4 is 27.5 Å². The Morgan fingerprint density at radius 3 is 1.81 bits per heavy atom. The number of benzene rings is 2. The first-order valence-electron chi connectivity index (χ1n) is 6.95. The largest absolute Gasteiger partial charge is 0.321 e. The minimum atomic E-state index is -0.0430. The Morgan fingerprint density at radius 2 is 1.33 bits per heavy atom. The number of nitrogens with one attached hydrogen (secondary N) is 1. The van der Waals surface area contributed by atoms with Gasteiger partial charge in [-0.1, -0.05) is 33.6 Å². The second kappa shape index (κ2) is 6.02. The molecule has 1 N–H and O–H groups in total.